The Bertz CT molecular complexity index is 582. The first-order valence-electron chi connectivity index (χ1n) is 5.66. The summed E-state index contributed by atoms with van der Waals surface area (Å²) in [7, 11) is 0. The number of benzene rings is 2. The molecule has 96 valence electrons. The normalized spacial score (nSPS) is 10.3. The monoisotopic (exact) mass is 255 g/mol. The van der Waals surface area contributed by atoms with Crippen LogP contribution in [0.4, 0.5) is 4.79 Å². The van der Waals surface area contributed by atoms with Gasteiger partial charge in [0.15, 0.2) is 0 Å². The number of rotatable bonds is 4. The number of primary amides is 1. The van der Waals surface area contributed by atoms with Gasteiger partial charge < -0.3 is 10.5 Å². The quantitative estimate of drug-likeness (QED) is 0.650. The summed E-state index contributed by atoms with van der Waals surface area (Å²) in [5, 5.41) is 3.71. The minimum absolute atomic E-state index is 0.642. The third-order valence-corrected chi connectivity index (χ3v) is 2.27. The summed E-state index contributed by atoms with van der Waals surface area (Å²) in [5.41, 5.74) is 7.80. The highest BCUT2D eigenvalue weighted by atomic mass is 16.5. The molecular weight excluding hydrogens is 242 g/mol. The van der Waals surface area contributed by atoms with E-state index in [1.165, 1.54) is 6.21 Å². The number of para-hydroxylation sites is 2. The molecule has 0 atom stereocenters. The van der Waals surface area contributed by atoms with Crippen molar-refractivity contribution in [3.05, 3.63) is 60.2 Å². The number of carbonyl (C=O) groups excluding carboxylic acids is 1. The van der Waals surface area contributed by atoms with Crippen LogP contribution in [0, 0.1) is 0 Å². The molecule has 0 spiro atoms. The van der Waals surface area contributed by atoms with Crippen molar-refractivity contribution in [3.63, 3.8) is 0 Å². The van der Waals surface area contributed by atoms with Gasteiger partial charge in [-0.2, -0.15) is 5.10 Å². The lowest BCUT2D eigenvalue weighted by molar-refractivity contribution is 0.249. The van der Waals surface area contributed by atoms with E-state index < -0.39 is 6.03 Å². The molecule has 0 fully saturated rings. The van der Waals surface area contributed by atoms with E-state index in [0.717, 1.165) is 11.3 Å². The van der Waals surface area contributed by atoms with Gasteiger partial charge in [0, 0.05) is 5.56 Å². The first-order chi connectivity index (χ1) is 9.25. The van der Waals surface area contributed by atoms with Crippen molar-refractivity contribution in [3.8, 4) is 11.5 Å². The summed E-state index contributed by atoms with van der Waals surface area (Å²) in [6.45, 7) is 0. The predicted octanol–water partition coefficient (Wildman–Crippen LogP) is 2.48. The zero-order chi connectivity index (χ0) is 13.5. The van der Waals surface area contributed by atoms with Crippen molar-refractivity contribution in [1.82, 2.24) is 5.43 Å². The number of carbonyl (C=O) groups is 1. The van der Waals surface area contributed by atoms with E-state index in [0.29, 0.717) is 5.75 Å². The molecule has 0 heterocycles. The number of nitrogens with zero attached hydrogens (tertiary/aromatic N) is 1. The summed E-state index contributed by atoms with van der Waals surface area (Å²) < 4.78 is 5.73. The summed E-state index contributed by atoms with van der Waals surface area (Å²) in [6.07, 6.45) is 1.48. The van der Waals surface area contributed by atoms with Crippen molar-refractivity contribution in [1.29, 1.82) is 0 Å². The molecule has 0 radical (unpaired) electrons. The fourth-order valence-electron chi connectivity index (χ4n) is 1.46. The lowest BCUT2D eigenvalue weighted by Crippen LogP contribution is -2.24. The van der Waals surface area contributed by atoms with Crippen LogP contribution in [0.2, 0.25) is 0 Å². The lowest BCUT2D eigenvalue weighted by Gasteiger charge is -2.07. The SMILES string of the molecule is NC(=O)N/N=C\c1ccccc1Oc1ccccc1. The van der Waals surface area contributed by atoms with Crippen LogP contribution in [0.3, 0.4) is 0 Å². The van der Waals surface area contributed by atoms with Gasteiger partial charge in [-0.1, -0.05) is 30.3 Å². The lowest BCUT2D eigenvalue weighted by atomic mass is 10.2. The third-order valence-electron chi connectivity index (χ3n) is 2.27. The maximum absolute atomic E-state index is 10.5. The molecule has 19 heavy (non-hydrogen) atoms. The molecule has 0 aliphatic rings. The fourth-order valence-corrected chi connectivity index (χ4v) is 1.46. The highest BCUT2D eigenvalue weighted by Gasteiger charge is 2.01. The van der Waals surface area contributed by atoms with E-state index in [-0.39, 0.29) is 0 Å². The Kier molecular flexibility index (Phi) is 4.12. The number of amides is 2. The van der Waals surface area contributed by atoms with Gasteiger partial charge in [-0.05, 0) is 24.3 Å². The van der Waals surface area contributed by atoms with Crippen molar-refractivity contribution < 1.29 is 9.53 Å². The average Bonchev–Trinajstić information content (AvgIpc) is 2.41. The standard InChI is InChI=1S/C14H13N3O2/c15-14(18)17-16-10-11-6-4-5-9-13(11)19-12-7-2-1-3-8-12/h1-10H,(H3,15,17,18)/b16-10-. The number of ether oxygens (including phenoxy) is 1. The second-order valence-corrected chi connectivity index (χ2v) is 3.69. The maximum atomic E-state index is 10.5. The topological polar surface area (TPSA) is 76.7 Å². The molecule has 5 heteroatoms. The van der Waals surface area contributed by atoms with Crippen LogP contribution in [0.15, 0.2) is 59.7 Å². The molecule has 0 aromatic heterocycles. The van der Waals surface area contributed by atoms with E-state index in [1.807, 2.05) is 54.6 Å². The number of hydrogen-bond donors (Lipinski definition) is 2. The van der Waals surface area contributed by atoms with Gasteiger partial charge in [-0.25, -0.2) is 10.2 Å². The predicted molar refractivity (Wildman–Crippen MR) is 73.3 cm³/mol. The summed E-state index contributed by atoms with van der Waals surface area (Å²) in [4.78, 5) is 10.5. The highest BCUT2D eigenvalue weighted by molar-refractivity contribution is 5.84. The molecule has 2 rings (SSSR count). The minimum atomic E-state index is -0.710. The molecular formula is C14H13N3O2. The molecule has 3 N–H and O–H groups in total. The van der Waals surface area contributed by atoms with E-state index in [9.17, 15) is 4.79 Å². The number of nitrogens with one attached hydrogen (secondary N) is 1. The largest absolute Gasteiger partial charge is 0.457 e. The molecule has 0 aliphatic heterocycles. The van der Waals surface area contributed by atoms with Crippen LogP contribution in [0.5, 0.6) is 11.5 Å². The van der Waals surface area contributed by atoms with Gasteiger partial charge in [-0.3, -0.25) is 0 Å². The van der Waals surface area contributed by atoms with Crippen LogP contribution in [0.1, 0.15) is 5.56 Å². The van der Waals surface area contributed by atoms with Crippen LogP contribution in [-0.4, -0.2) is 12.2 Å². The van der Waals surface area contributed by atoms with Crippen molar-refractivity contribution in [2.75, 3.05) is 0 Å². The van der Waals surface area contributed by atoms with Crippen molar-refractivity contribution in [2.45, 2.75) is 0 Å². The third kappa shape index (κ3) is 3.85. The first kappa shape index (κ1) is 12.6. The zero-order valence-corrected chi connectivity index (χ0v) is 10.1. The second kappa shape index (κ2) is 6.20. The molecule has 5 nitrogen and oxygen atoms in total. The molecule has 0 saturated carbocycles. The van der Waals surface area contributed by atoms with Crippen LogP contribution < -0.4 is 15.9 Å². The van der Waals surface area contributed by atoms with Crippen LogP contribution >= 0.6 is 0 Å². The van der Waals surface area contributed by atoms with E-state index in [1.54, 1.807) is 0 Å². The second-order valence-electron chi connectivity index (χ2n) is 3.69. The van der Waals surface area contributed by atoms with Gasteiger partial charge in [-0.15, -0.1) is 0 Å². The summed E-state index contributed by atoms with van der Waals surface area (Å²) in [5.74, 6) is 1.37. The summed E-state index contributed by atoms with van der Waals surface area (Å²) in [6, 6.07) is 16.0. The van der Waals surface area contributed by atoms with Gasteiger partial charge in [0.2, 0.25) is 0 Å². The van der Waals surface area contributed by atoms with E-state index in [2.05, 4.69) is 10.5 Å². The van der Waals surface area contributed by atoms with Crippen molar-refractivity contribution in [2.24, 2.45) is 10.8 Å². The Morgan fingerprint density at radius 1 is 1.11 bits per heavy atom. The maximum Gasteiger partial charge on any atom is 0.332 e. The van der Waals surface area contributed by atoms with Crippen molar-refractivity contribution >= 4 is 12.2 Å². The van der Waals surface area contributed by atoms with Crippen LogP contribution in [0.25, 0.3) is 0 Å². The molecule has 0 unspecified atom stereocenters. The summed E-state index contributed by atoms with van der Waals surface area (Å²) >= 11 is 0. The van der Waals surface area contributed by atoms with E-state index in [4.69, 9.17) is 10.5 Å². The smallest absolute Gasteiger partial charge is 0.332 e. The Balaban J connectivity index is 2.17. The zero-order valence-electron chi connectivity index (χ0n) is 10.1. The number of hydrogen-bond acceptors (Lipinski definition) is 3. The van der Waals surface area contributed by atoms with Gasteiger partial charge in [0.25, 0.3) is 0 Å². The molecule has 0 aliphatic carbocycles. The number of urea groups is 1. The molecule has 0 saturated heterocycles. The molecule has 2 aromatic rings. The Morgan fingerprint density at radius 2 is 1.79 bits per heavy atom. The fraction of sp³-hybridized carbons (Fsp3) is 0. The average molecular weight is 255 g/mol. The number of nitrogens with two attached hydrogens (primary N) is 1. The minimum Gasteiger partial charge on any atom is -0.457 e. The number of hydrazone groups is 1. The molecule has 2 amide bonds. The van der Waals surface area contributed by atoms with Gasteiger partial charge in [0.1, 0.15) is 11.5 Å². The highest BCUT2D eigenvalue weighted by Crippen LogP contribution is 2.23. The Labute approximate surface area is 110 Å². The Hall–Kier alpha value is -2.82. The molecule has 0 bridgehead atoms. The van der Waals surface area contributed by atoms with Gasteiger partial charge in [0.05, 0.1) is 6.21 Å². The first-order valence-corrected chi connectivity index (χ1v) is 5.66. The van der Waals surface area contributed by atoms with Crippen LogP contribution in [-0.2, 0) is 0 Å². The molecule has 2 aromatic carbocycles. The van der Waals surface area contributed by atoms with E-state index >= 15 is 0 Å². The Morgan fingerprint density at radius 3 is 2.53 bits per heavy atom. The van der Waals surface area contributed by atoms with Gasteiger partial charge >= 0.3 is 6.03 Å².